The second kappa shape index (κ2) is 9.79. The number of carbonyl (C=O) groups excluding carboxylic acids is 2. The van der Waals surface area contributed by atoms with Crippen LogP contribution in [0.3, 0.4) is 0 Å². The highest BCUT2D eigenvalue weighted by Crippen LogP contribution is 2.38. The summed E-state index contributed by atoms with van der Waals surface area (Å²) in [7, 11) is 1.58. The van der Waals surface area contributed by atoms with Crippen LogP contribution >= 0.6 is 0 Å². The highest BCUT2D eigenvalue weighted by molar-refractivity contribution is 5.94. The summed E-state index contributed by atoms with van der Waals surface area (Å²) in [6.07, 6.45) is 6.54. The third-order valence-electron chi connectivity index (χ3n) is 6.51. The van der Waals surface area contributed by atoms with Gasteiger partial charge in [-0.15, -0.1) is 0 Å². The molecule has 2 aliphatic rings. The van der Waals surface area contributed by atoms with Gasteiger partial charge in [-0.1, -0.05) is 5.16 Å². The number of amides is 2. The Labute approximate surface area is 187 Å². The zero-order valence-corrected chi connectivity index (χ0v) is 18.6. The first kappa shape index (κ1) is 22.4. The van der Waals surface area contributed by atoms with Gasteiger partial charge in [0.2, 0.25) is 0 Å². The summed E-state index contributed by atoms with van der Waals surface area (Å²) in [5.41, 5.74) is 1.36. The van der Waals surface area contributed by atoms with Gasteiger partial charge < -0.3 is 24.2 Å². The average molecular weight is 443 g/mol. The van der Waals surface area contributed by atoms with Crippen molar-refractivity contribution in [2.75, 3.05) is 33.4 Å². The molecule has 0 radical (unpaired) electrons. The number of aryl methyl sites for hydroxylation is 1. The Hall–Kier alpha value is -2.78. The SMILES string of the molecule is COCc1c(C(=O)N2CCC3(CC2)CC(CNC(=O)c2cccnc2)CCO3)noc1C. The zero-order valence-electron chi connectivity index (χ0n) is 18.6. The van der Waals surface area contributed by atoms with Gasteiger partial charge in [0, 0.05) is 45.7 Å². The molecule has 2 aromatic heterocycles. The minimum atomic E-state index is -0.242. The first-order valence-corrected chi connectivity index (χ1v) is 11.1. The summed E-state index contributed by atoms with van der Waals surface area (Å²) in [6, 6.07) is 3.51. The Morgan fingerprint density at radius 3 is 2.88 bits per heavy atom. The third-order valence-corrected chi connectivity index (χ3v) is 6.51. The van der Waals surface area contributed by atoms with Gasteiger partial charge in [-0.2, -0.15) is 0 Å². The van der Waals surface area contributed by atoms with Crippen LogP contribution in [0.15, 0.2) is 29.0 Å². The van der Waals surface area contributed by atoms with Crippen molar-refractivity contribution in [1.29, 1.82) is 0 Å². The standard InChI is InChI=1S/C23H30N4O5/c1-16-19(15-30-2)20(26-32-16)22(29)27-9-6-23(7-10-27)12-17(5-11-31-23)13-25-21(28)18-4-3-8-24-14-18/h3-4,8,14,17H,5-7,9-13,15H2,1-2H3,(H,25,28). The summed E-state index contributed by atoms with van der Waals surface area (Å²) >= 11 is 0. The van der Waals surface area contributed by atoms with Crippen molar-refractivity contribution in [2.45, 2.75) is 44.8 Å². The topological polar surface area (TPSA) is 107 Å². The molecule has 172 valence electrons. The number of pyridine rings is 1. The Balaban J connectivity index is 1.31. The van der Waals surface area contributed by atoms with E-state index in [0.717, 1.165) is 25.7 Å². The molecule has 32 heavy (non-hydrogen) atoms. The lowest BCUT2D eigenvalue weighted by Crippen LogP contribution is -2.52. The number of hydrogen-bond acceptors (Lipinski definition) is 7. The van der Waals surface area contributed by atoms with Crippen LogP contribution in [0.4, 0.5) is 0 Å². The second-order valence-electron chi connectivity index (χ2n) is 8.63. The number of aromatic nitrogens is 2. The minimum absolute atomic E-state index is 0.103. The van der Waals surface area contributed by atoms with E-state index in [-0.39, 0.29) is 17.4 Å². The number of rotatable bonds is 6. The number of hydrogen-bond donors (Lipinski definition) is 1. The molecule has 1 atom stereocenters. The van der Waals surface area contributed by atoms with Crippen LogP contribution in [0, 0.1) is 12.8 Å². The highest BCUT2D eigenvalue weighted by Gasteiger charge is 2.41. The number of carbonyl (C=O) groups is 2. The van der Waals surface area contributed by atoms with Gasteiger partial charge in [0.05, 0.1) is 23.3 Å². The molecule has 0 saturated carbocycles. The van der Waals surface area contributed by atoms with E-state index in [4.69, 9.17) is 14.0 Å². The Morgan fingerprint density at radius 1 is 1.34 bits per heavy atom. The summed E-state index contributed by atoms with van der Waals surface area (Å²) in [6.45, 7) is 4.57. The molecular weight excluding hydrogens is 412 g/mol. The smallest absolute Gasteiger partial charge is 0.276 e. The predicted molar refractivity (Wildman–Crippen MR) is 115 cm³/mol. The molecule has 9 heteroatoms. The quantitative estimate of drug-likeness (QED) is 0.732. The molecule has 1 spiro atoms. The number of nitrogens with zero attached hydrogens (tertiary/aromatic N) is 3. The maximum Gasteiger partial charge on any atom is 0.276 e. The van der Waals surface area contributed by atoms with Gasteiger partial charge in [0.15, 0.2) is 5.69 Å². The second-order valence-corrected chi connectivity index (χ2v) is 8.63. The van der Waals surface area contributed by atoms with E-state index in [9.17, 15) is 9.59 Å². The fourth-order valence-electron chi connectivity index (χ4n) is 4.63. The number of ether oxygens (including phenoxy) is 2. The van der Waals surface area contributed by atoms with Crippen molar-refractivity contribution in [3.63, 3.8) is 0 Å². The van der Waals surface area contributed by atoms with Crippen molar-refractivity contribution in [2.24, 2.45) is 5.92 Å². The van der Waals surface area contributed by atoms with E-state index in [1.165, 1.54) is 0 Å². The summed E-state index contributed by atoms with van der Waals surface area (Å²) < 4.78 is 16.6. The molecule has 2 fully saturated rings. The van der Waals surface area contributed by atoms with Crippen LogP contribution in [-0.4, -0.2) is 65.8 Å². The van der Waals surface area contributed by atoms with Gasteiger partial charge in [-0.25, -0.2) is 0 Å². The predicted octanol–water partition coefficient (Wildman–Crippen LogP) is 2.36. The van der Waals surface area contributed by atoms with Crippen molar-refractivity contribution in [3.8, 4) is 0 Å². The van der Waals surface area contributed by atoms with Gasteiger partial charge in [-0.3, -0.25) is 14.6 Å². The molecule has 2 aromatic rings. The van der Waals surface area contributed by atoms with E-state index in [1.54, 1.807) is 38.6 Å². The minimum Gasteiger partial charge on any atom is -0.380 e. The normalized spacial score (nSPS) is 20.3. The maximum atomic E-state index is 13.0. The molecule has 0 aromatic carbocycles. The fraction of sp³-hybridized carbons (Fsp3) is 0.565. The molecule has 4 heterocycles. The summed E-state index contributed by atoms with van der Waals surface area (Å²) in [5.74, 6) is 0.724. The Morgan fingerprint density at radius 2 is 2.16 bits per heavy atom. The average Bonchev–Trinajstić information content (AvgIpc) is 3.18. The number of likely N-dealkylation sites (tertiary alicyclic amines) is 1. The van der Waals surface area contributed by atoms with E-state index in [1.807, 2.05) is 4.90 Å². The monoisotopic (exact) mass is 442 g/mol. The zero-order chi connectivity index (χ0) is 22.6. The fourth-order valence-corrected chi connectivity index (χ4v) is 4.63. The number of methoxy groups -OCH3 is 1. The van der Waals surface area contributed by atoms with Crippen LogP contribution in [0.25, 0.3) is 0 Å². The molecule has 1 unspecified atom stereocenters. The molecule has 2 saturated heterocycles. The van der Waals surface area contributed by atoms with E-state index >= 15 is 0 Å². The Bertz CT molecular complexity index is 937. The van der Waals surface area contributed by atoms with Crippen molar-refractivity contribution in [3.05, 3.63) is 47.1 Å². The van der Waals surface area contributed by atoms with E-state index in [2.05, 4.69) is 15.5 Å². The molecule has 0 aliphatic carbocycles. The molecule has 2 amide bonds. The molecule has 2 aliphatic heterocycles. The van der Waals surface area contributed by atoms with Crippen LogP contribution in [0.5, 0.6) is 0 Å². The van der Waals surface area contributed by atoms with Crippen molar-refractivity contribution in [1.82, 2.24) is 20.4 Å². The molecule has 4 rings (SSSR count). The van der Waals surface area contributed by atoms with Gasteiger partial charge in [0.25, 0.3) is 11.8 Å². The lowest BCUT2D eigenvalue weighted by molar-refractivity contribution is -0.122. The first-order valence-electron chi connectivity index (χ1n) is 11.1. The number of nitrogens with one attached hydrogen (secondary N) is 1. The van der Waals surface area contributed by atoms with Gasteiger partial charge in [-0.05, 0) is 50.7 Å². The van der Waals surface area contributed by atoms with Crippen LogP contribution in [0.2, 0.25) is 0 Å². The van der Waals surface area contributed by atoms with Gasteiger partial charge >= 0.3 is 0 Å². The third kappa shape index (κ3) is 4.83. The summed E-state index contributed by atoms with van der Waals surface area (Å²) in [5, 5.41) is 7.00. The van der Waals surface area contributed by atoms with Crippen LogP contribution in [0.1, 0.15) is 57.9 Å². The first-order chi connectivity index (χ1) is 15.5. The van der Waals surface area contributed by atoms with E-state index < -0.39 is 0 Å². The summed E-state index contributed by atoms with van der Waals surface area (Å²) in [4.78, 5) is 31.2. The Kier molecular flexibility index (Phi) is 6.86. The van der Waals surface area contributed by atoms with Crippen molar-refractivity contribution >= 4 is 11.8 Å². The molecular formula is C23H30N4O5. The van der Waals surface area contributed by atoms with Crippen LogP contribution < -0.4 is 5.32 Å². The maximum absolute atomic E-state index is 13.0. The van der Waals surface area contributed by atoms with Crippen molar-refractivity contribution < 1.29 is 23.6 Å². The van der Waals surface area contributed by atoms with Crippen LogP contribution in [-0.2, 0) is 16.1 Å². The molecule has 0 bridgehead atoms. The lowest BCUT2D eigenvalue weighted by Gasteiger charge is -2.46. The molecule has 1 N–H and O–H groups in total. The van der Waals surface area contributed by atoms with Gasteiger partial charge in [0.1, 0.15) is 5.76 Å². The lowest BCUT2D eigenvalue weighted by atomic mass is 9.79. The largest absolute Gasteiger partial charge is 0.380 e. The molecule has 9 nitrogen and oxygen atoms in total. The van der Waals surface area contributed by atoms with E-state index in [0.29, 0.717) is 61.3 Å². The number of piperidine rings is 1. The highest BCUT2D eigenvalue weighted by atomic mass is 16.5.